The molecule has 1 rings (SSSR count). The maximum absolute atomic E-state index is 13.7. The Kier molecular flexibility index (Phi) is 4.56. The van der Waals surface area contributed by atoms with Crippen LogP contribution in [0.2, 0.25) is 0 Å². The summed E-state index contributed by atoms with van der Waals surface area (Å²) in [5, 5.41) is 0. The lowest BCUT2D eigenvalue weighted by molar-refractivity contribution is -0.0309. The maximum Gasteiger partial charge on any atom is 0.128 e. The Hall–Kier alpha value is -1.04. The summed E-state index contributed by atoms with van der Waals surface area (Å²) in [4.78, 5) is 0. The first-order valence-electron chi connectivity index (χ1n) is 5.44. The van der Waals surface area contributed by atoms with Gasteiger partial charge in [-0.3, -0.25) is 5.84 Å². The van der Waals surface area contributed by atoms with Crippen LogP contribution in [0.25, 0.3) is 0 Å². The van der Waals surface area contributed by atoms with Gasteiger partial charge in [-0.1, -0.05) is 6.92 Å². The zero-order valence-electron chi connectivity index (χ0n) is 10.3. The number of ether oxygens (including phenoxy) is 1. The Morgan fingerprint density at radius 2 is 2.12 bits per heavy atom. The van der Waals surface area contributed by atoms with Crippen LogP contribution in [0.5, 0.6) is 0 Å². The van der Waals surface area contributed by atoms with Crippen LogP contribution in [0.4, 0.5) is 8.78 Å². The molecule has 0 saturated carbocycles. The summed E-state index contributed by atoms with van der Waals surface area (Å²) in [6, 6.07) is 2.67. The first kappa shape index (κ1) is 14.0. The van der Waals surface area contributed by atoms with Gasteiger partial charge in [0.2, 0.25) is 0 Å². The van der Waals surface area contributed by atoms with Gasteiger partial charge in [0.15, 0.2) is 0 Å². The molecule has 0 aliphatic carbocycles. The van der Waals surface area contributed by atoms with Gasteiger partial charge in [0.05, 0.1) is 11.6 Å². The molecule has 0 aliphatic rings. The second-order valence-corrected chi connectivity index (χ2v) is 4.14. The van der Waals surface area contributed by atoms with E-state index in [1.54, 1.807) is 6.92 Å². The van der Waals surface area contributed by atoms with Crippen molar-refractivity contribution in [3.05, 3.63) is 35.4 Å². The molecule has 3 N–H and O–H groups in total. The number of hydrogen-bond donors (Lipinski definition) is 2. The minimum atomic E-state index is -0.705. The fourth-order valence-corrected chi connectivity index (χ4v) is 1.80. The quantitative estimate of drug-likeness (QED) is 0.617. The van der Waals surface area contributed by atoms with Gasteiger partial charge in [-0.25, -0.2) is 14.2 Å². The summed E-state index contributed by atoms with van der Waals surface area (Å²) in [7, 11) is 1.52. The molecule has 5 heteroatoms. The highest BCUT2D eigenvalue weighted by atomic mass is 19.1. The summed E-state index contributed by atoms with van der Waals surface area (Å²) in [5.74, 6) is 4.43. The van der Waals surface area contributed by atoms with Crippen LogP contribution >= 0.6 is 0 Å². The van der Waals surface area contributed by atoms with Gasteiger partial charge in [-0.2, -0.15) is 0 Å². The average Bonchev–Trinajstić information content (AvgIpc) is 2.34. The molecule has 3 nitrogen and oxygen atoms in total. The maximum atomic E-state index is 13.7. The molecule has 1 aromatic rings. The van der Waals surface area contributed by atoms with Crippen LogP contribution in [0.15, 0.2) is 18.2 Å². The minimum absolute atomic E-state index is 0.165. The number of halogens is 2. The lowest BCUT2D eigenvalue weighted by Gasteiger charge is -2.35. The van der Waals surface area contributed by atoms with Crippen LogP contribution in [-0.4, -0.2) is 12.7 Å². The predicted octanol–water partition coefficient (Wildman–Crippen LogP) is 2.28. The van der Waals surface area contributed by atoms with Crippen molar-refractivity contribution in [2.45, 2.75) is 31.9 Å². The molecular weight excluding hydrogens is 226 g/mol. The van der Waals surface area contributed by atoms with E-state index in [0.29, 0.717) is 6.42 Å². The summed E-state index contributed by atoms with van der Waals surface area (Å²) in [6.07, 6.45) is 0.605. The third-order valence-electron chi connectivity index (χ3n) is 3.21. The highest BCUT2D eigenvalue weighted by Crippen LogP contribution is 2.32. The molecule has 1 aromatic carbocycles. The van der Waals surface area contributed by atoms with E-state index in [9.17, 15) is 8.78 Å². The summed E-state index contributed by atoms with van der Waals surface area (Å²) < 4.78 is 32.2. The molecule has 0 saturated heterocycles. The molecule has 2 atom stereocenters. The fourth-order valence-electron chi connectivity index (χ4n) is 1.80. The lowest BCUT2D eigenvalue weighted by Crippen LogP contribution is -2.46. The topological polar surface area (TPSA) is 47.3 Å². The Bertz CT molecular complexity index is 381. The first-order chi connectivity index (χ1) is 7.98. The molecule has 0 spiro atoms. The second-order valence-electron chi connectivity index (χ2n) is 4.14. The van der Waals surface area contributed by atoms with Crippen LogP contribution in [0, 0.1) is 11.6 Å². The average molecular weight is 244 g/mol. The molecule has 0 aliphatic heterocycles. The van der Waals surface area contributed by atoms with E-state index in [2.05, 4.69) is 5.43 Å². The van der Waals surface area contributed by atoms with Crippen molar-refractivity contribution >= 4 is 0 Å². The van der Waals surface area contributed by atoms with Crippen LogP contribution < -0.4 is 11.3 Å². The third-order valence-corrected chi connectivity index (χ3v) is 3.21. The van der Waals surface area contributed by atoms with E-state index in [1.807, 2.05) is 6.92 Å². The smallest absolute Gasteiger partial charge is 0.128 e. The molecule has 0 amide bonds. The monoisotopic (exact) mass is 244 g/mol. The standard InChI is InChI=1S/C12H18F2N2O/c1-4-12(2,17-3)11(16-15)9-7-8(13)5-6-10(9)14/h5-7,11,16H,4,15H2,1-3H3. The van der Waals surface area contributed by atoms with Crippen LogP contribution in [0.3, 0.4) is 0 Å². The Balaban J connectivity index is 3.21. The number of nitrogens with one attached hydrogen (secondary N) is 1. The zero-order valence-corrected chi connectivity index (χ0v) is 10.3. The predicted molar refractivity (Wildman–Crippen MR) is 62.1 cm³/mol. The Morgan fingerprint density at radius 1 is 1.47 bits per heavy atom. The van der Waals surface area contributed by atoms with E-state index in [-0.39, 0.29) is 5.56 Å². The number of benzene rings is 1. The van der Waals surface area contributed by atoms with E-state index in [0.717, 1.165) is 18.2 Å². The van der Waals surface area contributed by atoms with Crippen LogP contribution in [0.1, 0.15) is 31.9 Å². The highest BCUT2D eigenvalue weighted by Gasteiger charge is 2.35. The second kappa shape index (κ2) is 5.53. The molecule has 0 aromatic heterocycles. The van der Waals surface area contributed by atoms with Gasteiger partial charge in [0.1, 0.15) is 11.6 Å². The highest BCUT2D eigenvalue weighted by molar-refractivity contribution is 5.25. The normalized spacial score (nSPS) is 16.6. The fraction of sp³-hybridized carbons (Fsp3) is 0.500. The third kappa shape index (κ3) is 2.80. The van der Waals surface area contributed by atoms with Gasteiger partial charge in [-0.15, -0.1) is 0 Å². The summed E-state index contributed by atoms with van der Waals surface area (Å²) in [5.41, 5.74) is 1.96. The largest absolute Gasteiger partial charge is 0.376 e. The minimum Gasteiger partial charge on any atom is -0.376 e. The van der Waals surface area contributed by atoms with Crippen molar-refractivity contribution in [1.82, 2.24) is 5.43 Å². The molecule has 17 heavy (non-hydrogen) atoms. The van der Waals surface area contributed by atoms with Crippen molar-refractivity contribution in [3.63, 3.8) is 0 Å². The van der Waals surface area contributed by atoms with Gasteiger partial charge in [0, 0.05) is 12.7 Å². The van der Waals surface area contributed by atoms with Crippen LogP contribution in [-0.2, 0) is 4.74 Å². The van der Waals surface area contributed by atoms with Gasteiger partial charge >= 0.3 is 0 Å². The van der Waals surface area contributed by atoms with Gasteiger partial charge in [0.25, 0.3) is 0 Å². The molecule has 96 valence electrons. The first-order valence-corrected chi connectivity index (χ1v) is 5.44. The summed E-state index contributed by atoms with van der Waals surface area (Å²) >= 11 is 0. The molecule has 0 heterocycles. The molecular formula is C12H18F2N2O. The van der Waals surface area contributed by atoms with Gasteiger partial charge in [-0.05, 0) is 31.5 Å². The molecule has 2 unspecified atom stereocenters. The van der Waals surface area contributed by atoms with E-state index < -0.39 is 23.3 Å². The number of hydrazine groups is 1. The van der Waals surface area contributed by atoms with E-state index in [4.69, 9.17) is 10.6 Å². The van der Waals surface area contributed by atoms with Gasteiger partial charge < -0.3 is 4.74 Å². The van der Waals surface area contributed by atoms with Crippen molar-refractivity contribution < 1.29 is 13.5 Å². The van der Waals surface area contributed by atoms with E-state index >= 15 is 0 Å². The molecule has 0 fully saturated rings. The van der Waals surface area contributed by atoms with E-state index in [1.165, 1.54) is 7.11 Å². The van der Waals surface area contributed by atoms with Crippen molar-refractivity contribution in [2.75, 3.05) is 7.11 Å². The number of nitrogens with two attached hydrogens (primary N) is 1. The lowest BCUT2D eigenvalue weighted by atomic mass is 9.88. The van der Waals surface area contributed by atoms with Crippen molar-refractivity contribution in [2.24, 2.45) is 5.84 Å². The Labute approximate surface area is 99.9 Å². The summed E-state index contributed by atoms with van der Waals surface area (Å²) in [6.45, 7) is 3.69. The molecule has 0 radical (unpaired) electrons. The number of hydrogen-bond acceptors (Lipinski definition) is 3. The Morgan fingerprint density at radius 3 is 2.59 bits per heavy atom. The zero-order chi connectivity index (χ0) is 13.1. The number of methoxy groups -OCH3 is 1. The van der Waals surface area contributed by atoms with Crippen molar-refractivity contribution in [1.29, 1.82) is 0 Å². The molecule has 0 bridgehead atoms. The van der Waals surface area contributed by atoms with Crippen molar-refractivity contribution in [3.8, 4) is 0 Å². The SMILES string of the molecule is CCC(C)(OC)C(NN)c1cc(F)ccc1F. The number of rotatable bonds is 5.